The summed E-state index contributed by atoms with van der Waals surface area (Å²) >= 11 is 0. The number of nitrogen functional groups attached to an aromatic ring is 1. The van der Waals surface area contributed by atoms with E-state index in [2.05, 4.69) is 14.6 Å². The van der Waals surface area contributed by atoms with Crippen molar-refractivity contribution in [2.45, 2.75) is 0 Å². The Morgan fingerprint density at radius 2 is 2.07 bits per heavy atom. The number of carbonyl (C=O) groups excluding carboxylic acids is 1. The highest BCUT2D eigenvalue weighted by molar-refractivity contribution is 5.78. The maximum absolute atomic E-state index is 11.5. The van der Waals surface area contributed by atoms with Gasteiger partial charge >= 0.3 is 5.97 Å². The van der Waals surface area contributed by atoms with Crippen LogP contribution >= 0.6 is 0 Å². The van der Waals surface area contributed by atoms with E-state index < -0.39 is 5.97 Å². The molecule has 29 heavy (non-hydrogen) atoms. The smallest absolute Gasteiger partial charge is 0.329 e. The molecule has 0 aliphatic carbocycles. The average Bonchev–Trinajstić information content (AvgIpc) is 2.75. The normalized spacial score (nSPS) is 15.5. The molecule has 9 nitrogen and oxygen atoms in total. The van der Waals surface area contributed by atoms with Gasteiger partial charge in [0.25, 0.3) is 0 Å². The van der Waals surface area contributed by atoms with Crippen LogP contribution in [0.3, 0.4) is 0 Å². The summed E-state index contributed by atoms with van der Waals surface area (Å²) in [6.07, 6.45) is 1.41. The predicted octanol–water partition coefficient (Wildman–Crippen LogP) is 2.34. The molecule has 2 aromatic carbocycles. The van der Waals surface area contributed by atoms with Crippen molar-refractivity contribution in [1.82, 2.24) is 5.06 Å². The number of anilines is 2. The van der Waals surface area contributed by atoms with Crippen molar-refractivity contribution in [2.24, 2.45) is 4.99 Å². The lowest BCUT2D eigenvalue weighted by atomic mass is 10.2. The minimum absolute atomic E-state index is 0.0817. The fraction of sp³-hybridized carbons (Fsp3) is 0.300. The molecule has 0 aromatic heterocycles. The standard InChI is InChI=1S/C20H22N4O5/c1-26-20(25)12-24-13-22-17-10-16(21)18(11-19(17)29-24)28-15-4-2-3-14(9-15)23-5-7-27-8-6-23/h2-4,9-11,13H,5-8,12,21H2,1H3. The Morgan fingerprint density at radius 1 is 1.24 bits per heavy atom. The number of rotatable bonds is 5. The Hall–Kier alpha value is -3.46. The maximum Gasteiger partial charge on any atom is 0.329 e. The van der Waals surface area contributed by atoms with Gasteiger partial charge in [0, 0.05) is 30.9 Å². The molecule has 4 rings (SSSR count). The van der Waals surface area contributed by atoms with E-state index in [-0.39, 0.29) is 6.54 Å². The van der Waals surface area contributed by atoms with Gasteiger partial charge in [-0.3, -0.25) is 4.79 Å². The van der Waals surface area contributed by atoms with Gasteiger partial charge in [0.1, 0.15) is 17.8 Å². The van der Waals surface area contributed by atoms with Crippen molar-refractivity contribution < 1.29 is 23.8 Å². The number of ether oxygens (including phenoxy) is 3. The molecule has 2 heterocycles. The molecule has 0 amide bonds. The fourth-order valence-corrected chi connectivity index (χ4v) is 3.06. The minimum Gasteiger partial charge on any atom is -0.468 e. The molecule has 2 aromatic rings. The van der Waals surface area contributed by atoms with Crippen LogP contribution < -0.4 is 20.2 Å². The van der Waals surface area contributed by atoms with Crippen molar-refractivity contribution in [3.05, 3.63) is 36.4 Å². The lowest BCUT2D eigenvalue weighted by molar-refractivity contribution is -0.145. The number of methoxy groups -OCH3 is 1. The van der Waals surface area contributed by atoms with E-state index in [1.54, 1.807) is 12.1 Å². The van der Waals surface area contributed by atoms with Crippen molar-refractivity contribution >= 4 is 29.4 Å². The van der Waals surface area contributed by atoms with Gasteiger partial charge in [-0.2, -0.15) is 5.06 Å². The highest BCUT2D eigenvalue weighted by atomic mass is 16.7. The van der Waals surface area contributed by atoms with Gasteiger partial charge in [-0.15, -0.1) is 0 Å². The zero-order valence-corrected chi connectivity index (χ0v) is 16.0. The van der Waals surface area contributed by atoms with Crippen LogP contribution in [0.2, 0.25) is 0 Å². The summed E-state index contributed by atoms with van der Waals surface area (Å²) in [6.45, 7) is 3.02. The molecule has 0 radical (unpaired) electrons. The summed E-state index contributed by atoms with van der Waals surface area (Å²) in [7, 11) is 1.31. The number of esters is 1. The second kappa shape index (κ2) is 8.27. The molecule has 9 heteroatoms. The highest BCUT2D eigenvalue weighted by Crippen LogP contribution is 2.40. The van der Waals surface area contributed by atoms with Gasteiger partial charge < -0.3 is 29.7 Å². The number of nitrogens with zero attached hydrogens (tertiary/aromatic N) is 3. The molecule has 0 spiro atoms. The van der Waals surface area contributed by atoms with E-state index >= 15 is 0 Å². The van der Waals surface area contributed by atoms with Gasteiger partial charge in [-0.05, 0) is 18.2 Å². The highest BCUT2D eigenvalue weighted by Gasteiger charge is 2.20. The van der Waals surface area contributed by atoms with Crippen molar-refractivity contribution in [2.75, 3.05) is 50.6 Å². The number of morpholine rings is 1. The number of hydroxylamine groups is 2. The monoisotopic (exact) mass is 398 g/mol. The minimum atomic E-state index is -0.438. The van der Waals surface area contributed by atoms with Crippen LogP contribution in [0.1, 0.15) is 0 Å². The van der Waals surface area contributed by atoms with Crippen LogP contribution in [0.25, 0.3) is 0 Å². The molecule has 0 bridgehead atoms. The van der Waals surface area contributed by atoms with Crippen LogP contribution in [0.15, 0.2) is 41.4 Å². The number of hydrogen-bond donors (Lipinski definition) is 1. The Kier molecular flexibility index (Phi) is 5.39. The predicted molar refractivity (Wildman–Crippen MR) is 108 cm³/mol. The Morgan fingerprint density at radius 3 is 2.86 bits per heavy atom. The largest absolute Gasteiger partial charge is 0.468 e. The molecule has 0 atom stereocenters. The number of carbonyl (C=O) groups is 1. The second-order valence-corrected chi connectivity index (χ2v) is 6.54. The van der Waals surface area contributed by atoms with Crippen molar-refractivity contribution in [3.63, 3.8) is 0 Å². The van der Waals surface area contributed by atoms with Gasteiger partial charge in [-0.25, -0.2) is 4.99 Å². The molecule has 1 saturated heterocycles. The molecule has 152 valence electrons. The van der Waals surface area contributed by atoms with E-state index in [0.29, 0.717) is 41.8 Å². The molecule has 2 N–H and O–H groups in total. The third kappa shape index (κ3) is 4.35. The average molecular weight is 398 g/mol. The second-order valence-electron chi connectivity index (χ2n) is 6.54. The first kappa shape index (κ1) is 18.9. The van der Waals surface area contributed by atoms with Crippen molar-refractivity contribution in [1.29, 1.82) is 0 Å². The van der Waals surface area contributed by atoms with E-state index in [4.69, 9.17) is 20.0 Å². The summed E-state index contributed by atoms with van der Waals surface area (Å²) in [5.74, 6) is 1.10. The van der Waals surface area contributed by atoms with Gasteiger partial charge in [-0.1, -0.05) is 6.07 Å². The van der Waals surface area contributed by atoms with Crippen LogP contribution in [0.4, 0.5) is 17.1 Å². The van der Waals surface area contributed by atoms with Crippen molar-refractivity contribution in [3.8, 4) is 17.2 Å². The van der Waals surface area contributed by atoms with E-state index in [0.717, 1.165) is 18.8 Å². The quantitative estimate of drug-likeness (QED) is 0.605. The summed E-state index contributed by atoms with van der Waals surface area (Å²) < 4.78 is 16.1. The van der Waals surface area contributed by atoms with E-state index in [1.807, 2.05) is 24.3 Å². The van der Waals surface area contributed by atoms with Gasteiger partial charge in [0.05, 0.1) is 26.0 Å². The van der Waals surface area contributed by atoms with Crippen LogP contribution in [0.5, 0.6) is 17.2 Å². The first-order valence-corrected chi connectivity index (χ1v) is 9.22. The third-order valence-electron chi connectivity index (χ3n) is 4.57. The SMILES string of the molecule is COC(=O)CN1C=Nc2cc(N)c(Oc3cccc(N4CCOCC4)c3)cc2O1. The maximum atomic E-state index is 11.5. The zero-order valence-electron chi connectivity index (χ0n) is 16.0. The van der Waals surface area contributed by atoms with E-state index in [1.165, 1.54) is 18.5 Å². The Bertz CT molecular complexity index is 927. The van der Waals surface area contributed by atoms with E-state index in [9.17, 15) is 4.79 Å². The van der Waals surface area contributed by atoms with Gasteiger partial charge in [0.2, 0.25) is 0 Å². The first-order valence-electron chi connectivity index (χ1n) is 9.22. The molecular weight excluding hydrogens is 376 g/mol. The third-order valence-corrected chi connectivity index (χ3v) is 4.57. The van der Waals surface area contributed by atoms with Crippen LogP contribution in [-0.2, 0) is 14.3 Å². The zero-order chi connectivity index (χ0) is 20.2. The number of benzene rings is 2. The van der Waals surface area contributed by atoms with Crippen LogP contribution in [0, 0.1) is 0 Å². The molecule has 0 saturated carbocycles. The summed E-state index contributed by atoms with van der Waals surface area (Å²) in [6, 6.07) is 11.1. The van der Waals surface area contributed by atoms with Crippen LogP contribution in [-0.4, -0.2) is 57.3 Å². The Labute approximate surface area is 168 Å². The first-order chi connectivity index (χ1) is 14.1. The number of fused-ring (bicyclic) bond motifs is 1. The topological polar surface area (TPSA) is 98.9 Å². The summed E-state index contributed by atoms with van der Waals surface area (Å²) in [5, 5.41) is 1.28. The summed E-state index contributed by atoms with van der Waals surface area (Å²) in [4.78, 5) is 23.6. The molecular formula is C20H22N4O5. The number of aliphatic imine (C=N–C) groups is 1. The summed E-state index contributed by atoms with van der Waals surface area (Å²) in [5.41, 5.74) is 8.19. The van der Waals surface area contributed by atoms with Gasteiger partial charge in [0.15, 0.2) is 18.0 Å². The number of hydrogen-bond acceptors (Lipinski definition) is 9. The molecule has 0 unspecified atom stereocenters. The molecule has 2 aliphatic heterocycles. The molecule has 1 fully saturated rings. The molecule has 2 aliphatic rings. The fourth-order valence-electron chi connectivity index (χ4n) is 3.06. The Balaban J connectivity index is 1.52. The number of nitrogens with two attached hydrogens (primary N) is 1. The lowest BCUT2D eigenvalue weighted by Crippen LogP contribution is -2.36. The lowest BCUT2D eigenvalue weighted by Gasteiger charge is -2.29.